The van der Waals surface area contributed by atoms with Crippen LogP contribution in [0.4, 0.5) is 0 Å². The number of aliphatic hydroxyl groups excluding tert-OH is 1. The van der Waals surface area contributed by atoms with Gasteiger partial charge in [-0.2, -0.15) is 0 Å². The van der Waals surface area contributed by atoms with Crippen molar-refractivity contribution < 1.29 is 19.1 Å². The summed E-state index contributed by atoms with van der Waals surface area (Å²) in [5.74, 6) is 0.826. The van der Waals surface area contributed by atoms with Crippen molar-refractivity contribution >= 4 is 33.4 Å². The summed E-state index contributed by atoms with van der Waals surface area (Å²) in [6.45, 7) is 0.221. The zero-order chi connectivity index (χ0) is 15.2. The van der Waals surface area contributed by atoms with Crippen LogP contribution in [-0.4, -0.2) is 24.2 Å². The standard InChI is InChI=1S/C14H13BrClNO4/c15-9-1-3-12(11(16)7-9)20-8-10-2-4-13(21-10)14(19)17-5-6-18/h1-4,7,18H,5-6,8H2,(H,17,19). The summed E-state index contributed by atoms with van der Waals surface area (Å²) in [4.78, 5) is 11.6. The highest BCUT2D eigenvalue weighted by Gasteiger charge is 2.11. The molecule has 1 amide bonds. The number of benzene rings is 1. The second kappa shape index (κ2) is 7.49. The fourth-order valence-corrected chi connectivity index (χ4v) is 2.30. The number of carbonyl (C=O) groups is 1. The molecule has 0 atom stereocenters. The molecule has 0 radical (unpaired) electrons. The Hall–Kier alpha value is -1.50. The van der Waals surface area contributed by atoms with E-state index in [4.69, 9.17) is 25.9 Å². The third-order valence-corrected chi connectivity index (χ3v) is 3.34. The average Bonchev–Trinajstić information content (AvgIpc) is 2.93. The molecule has 0 saturated heterocycles. The molecule has 0 fully saturated rings. The topological polar surface area (TPSA) is 71.7 Å². The SMILES string of the molecule is O=C(NCCO)c1ccc(COc2ccc(Br)cc2Cl)o1. The van der Waals surface area contributed by atoms with Crippen molar-refractivity contribution in [1.82, 2.24) is 5.32 Å². The van der Waals surface area contributed by atoms with E-state index in [-0.39, 0.29) is 31.4 Å². The van der Waals surface area contributed by atoms with Gasteiger partial charge in [0.1, 0.15) is 18.1 Å². The molecule has 0 spiro atoms. The lowest BCUT2D eigenvalue weighted by Gasteiger charge is -2.06. The van der Waals surface area contributed by atoms with Gasteiger partial charge in [0.05, 0.1) is 11.6 Å². The summed E-state index contributed by atoms with van der Waals surface area (Å²) < 4.78 is 11.8. The van der Waals surface area contributed by atoms with Gasteiger partial charge in [0.2, 0.25) is 0 Å². The van der Waals surface area contributed by atoms with Gasteiger partial charge in [0.15, 0.2) is 5.76 Å². The molecular formula is C14H13BrClNO4. The minimum absolute atomic E-state index is 0.121. The molecule has 0 saturated carbocycles. The van der Waals surface area contributed by atoms with Crippen molar-refractivity contribution in [1.29, 1.82) is 0 Å². The zero-order valence-electron chi connectivity index (χ0n) is 10.9. The van der Waals surface area contributed by atoms with Gasteiger partial charge in [-0.25, -0.2) is 0 Å². The van der Waals surface area contributed by atoms with Gasteiger partial charge in [-0.05, 0) is 30.3 Å². The van der Waals surface area contributed by atoms with Crippen molar-refractivity contribution in [2.24, 2.45) is 0 Å². The Kier molecular flexibility index (Phi) is 5.67. The van der Waals surface area contributed by atoms with Crippen molar-refractivity contribution in [2.75, 3.05) is 13.2 Å². The molecule has 0 bridgehead atoms. The number of aliphatic hydroxyl groups is 1. The molecule has 0 aliphatic rings. The third kappa shape index (κ3) is 4.49. The van der Waals surface area contributed by atoms with Crippen LogP contribution in [0.15, 0.2) is 39.2 Å². The largest absolute Gasteiger partial charge is 0.484 e. The Morgan fingerprint density at radius 1 is 1.38 bits per heavy atom. The van der Waals surface area contributed by atoms with Crippen molar-refractivity contribution in [3.63, 3.8) is 0 Å². The highest BCUT2D eigenvalue weighted by atomic mass is 79.9. The molecule has 21 heavy (non-hydrogen) atoms. The van der Waals surface area contributed by atoms with Gasteiger partial charge >= 0.3 is 0 Å². The van der Waals surface area contributed by atoms with Crippen LogP contribution >= 0.6 is 27.5 Å². The van der Waals surface area contributed by atoms with Gasteiger partial charge < -0.3 is 19.6 Å². The summed E-state index contributed by atoms with van der Waals surface area (Å²) in [6.07, 6.45) is 0. The lowest BCUT2D eigenvalue weighted by Crippen LogP contribution is -2.25. The first-order valence-electron chi connectivity index (χ1n) is 6.16. The number of nitrogens with one attached hydrogen (secondary N) is 1. The second-order valence-electron chi connectivity index (χ2n) is 4.11. The number of hydrogen-bond donors (Lipinski definition) is 2. The van der Waals surface area contributed by atoms with Crippen LogP contribution in [0, 0.1) is 0 Å². The van der Waals surface area contributed by atoms with E-state index in [0.717, 1.165) is 4.47 Å². The molecule has 0 aliphatic carbocycles. The predicted octanol–water partition coefficient (Wildman–Crippen LogP) is 3.00. The Labute approximate surface area is 135 Å². The first-order valence-corrected chi connectivity index (χ1v) is 7.33. The summed E-state index contributed by atoms with van der Waals surface area (Å²) in [5, 5.41) is 11.6. The molecular weight excluding hydrogens is 362 g/mol. The number of carbonyl (C=O) groups excluding carboxylic acids is 1. The van der Waals surface area contributed by atoms with E-state index in [2.05, 4.69) is 21.2 Å². The number of rotatable bonds is 6. The fraction of sp³-hybridized carbons (Fsp3) is 0.214. The maximum Gasteiger partial charge on any atom is 0.287 e. The van der Waals surface area contributed by atoms with E-state index < -0.39 is 0 Å². The Bertz CT molecular complexity index is 629. The van der Waals surface area contributed by atoms with E-state index in [1.165, 1.54) is 0 Å². The molecule has 1 heterocycles. The lowest BCUT2D eigenvalue weighted by molar-refractivity contribution is 0.0913. The number of halogens is 2. The van der Waals surface area contributed by atoms with E-state index in [1.54, 1.807) is 24.3 Å². The maximum atomic E-state index is 11.6. The number of furan rings is 1. The number of ether oxygens (including phenoxy) is 1. The summed E-state index contributed by atoms with van der Waals surface area (Å²) in [6, 6.07) is 8.49. The van der Waals surface area contributed by atoms with E-state index in [0.29, 0.717) is 16.5 Å². The van der Waals surface area contributed by atoms with Crippen LogP contribution in [0.5, 0.6) is 5.75 Å². The van der Waals surface area contributed by atoms with Crippen molar-refractivity contribution in [3.05, 3.63) is 51.3 Å². The predicted molar refractivity (Wildman–Crippen MR) is 81.6 cm³/mol. The molecule has 5 nitrogen and oxygen atoms in total. The Morgan fingerprint density at radius 3 is 2.90 bits per heavy atom. The molecule has 0 aliphatic heterocycles. The van der Waals surface area contributed by atoms with E-state index in [9.17, 15) is 4.79 Å². The molecule has 1 aromatic carbocycles. The first-order chi connectivity index (χ1) is 10.1. The molecule has 112 valence electrons. The molecule has 2 aromatic rings. The molecule has 2 rings (SSSR count). The van der Waals surface area contributed by atoms with E-state index >= 15 is 0 Å². The monoisotopic (exact) mass is 373 g/mol. The average molecular weight is 375 g/mol. The first kappa shape index (κ1) is 15.9. The quantitative estimate of drug-likeness (QED) is 0.815. The third-order valence-electron chi connectivity index (χ3n) is 2.55. The fourth-order valence-electron chi connectivity index (χ4n) is 1.58. The molecule has 2 N–H and O–H groups in total. The summed E-state index contributed by atoms with van der Waals surface area (Å²) in [5.41, 5.74) is 0. The number of hydrogen-bond acceptors (Lipinski definition) is 4. The minimum Gasteiger partial charge on any atom is -0.484 e. The smallest absolute Gasteiger partial charge is 0.287 e. The van der Waals surface area contributed by atoms with Gasteiger partial charge in [0, 0.05) is 11.0 Å². The molecule has 7 heteroatoms. The van der Waals surface area contributed by atoms with Gasteiger partial charge in [0.25, 0.3) is 5.91 Å². The van der Waals surface area contributed by atoms with Gasteiger partial charge in [-0.3, -0.25) is 4.79 Å². The van der Waals surface area contributed by atoms with Crippen molar-refractivity contribution in [3.8, 4) is 5.75 Å². The van der Waals surface area contributed by atoms with E-state index in [1.807, 2.05) is 6.07 Å². The normalized spacial score (nSPS) is 10.4. The molecule has 1 aromatic heterocycles. The Balaban J connectivity index is 1.95. The van der Waals surface area contributed by atoms with Crippen LogP contribution < -0.4 is 10.1 Å². The van der Waals surface area contributed by atoms with Crippen LogP contribution in [0.3, 0.4) is 0 Å². The highest BCUT2D eigenvalue weighted by molar-refractivity contribution is 9.10. The van der Waals surface area contributed by atoms with Crippen LogP contribution in [0.1, 0.15) is 16.3 Å². The van der Waals surface area contributed by atoms with Crippen LogP contribution in [0.25, 0.3) is 0 Å². The number of amides is 1. The Morgan fingerprint density at radius 2 is 2.19 bits per heavy atom. The van der Waals surface area contributed by atoms with Crippen LogP contribution in [-0.2, 0) is 6.61 Å². The summed E-state index contributed by atoms with van der Waals surface area (Å²) in [7, 11) is 0. The van der Waals surface area contributed by atoms with Crippen LogP contribution in [0.2, 0.25) is 5.02 Å². The zero-order valence-corrected chi connectivity index (χ0v) is 13.3. The summed E-state index contributed by atoms with van der Waals surface area (Å²) >= 11 is 9.35. The van der Waals surface area contributed by atoms with Gasteiger partial charge in [-0.1, -0.05) is 27.5 Å². The lowest BCUT2D eigenvalue weighted by atomic mass is 10.3. The highest BCUT2D eigenvalue weighted by Crippen LogP contribution is 2.28. The molecule has 0 unspecified atom stereocenters. The maximum absolute atomic E-state index is 11.6. The minimum atomic E-state index is -0.378. The van der Waals surface area contributed by atoms with Crippen molar-refractivity contribution in [2.45, 2.75) is 6.61 Å². The van der Waals surface area contributed by atoms with Gasteiger partial charge in [-0.15, -0.1) is 0 Å². The second-order valence-corrected chi connectivity index (χ2v) is 5.43.